The van der Waals surface area contributed by atoms with E-state index in [1.165, 1.54) is 7.11 Å². The van der Waals surface area contributed by atoms with Gasteiger partial charge in [-0.05, 0) is 9.91 Å². The second-order valence-corrected chi connectivity index (χ2v) is 2.81. The van der Waals surface area contributed by atoms with Crippen molar-refractivity contribution in [3.05, 3.63) is 27.4 Å². The molecular weight excluding hydrogens is 224 g/mol. The predicted molar refractivity (Wildman–Crippen MR) is 50.3 cm³/mol. The van der Waals surface area contributed by atoms with E-state index in [1.54, 1.807) is 0 Å². The molecule has 16 heavy (non-hydrogen) atoms. The van der Waals surface area contributed by atoms with E-state index in [0.29, 0.717) is 0 Å². The quantitative estimate of drug-likeness (QED) is 0.626. The fourth-order valence-electron chi connectivity index (χ4n) is 1.19. The van der Waals surface area contributed by atoms with Crippen LogP contribution in [-0.2, 0) is 6.54 Å². The van der Waals surface area contributed by atoms with E-state index >= 15 is 0 Å². The number of hydrogen-bond acceptors (Lipinski definition) is 5. The summed E-state index contributed by atoms with van der Waals surface area (Å²) in [6.45, 7) is -0.212. The van der Waals surface area contributed by atoms with Gasteiger partial charge in [-0.25, -0.2) is 8.78 Å². The fourth-order valence-corrected chi connectivity index (χ4v) is 1.19. The van der Waals surface area contributed by atoms with Gasteiger partial charge in [-0.15, -0.1) is 0 Å². The molecule has 0 atom stereocenters. The van der Waals surface area contributed by atoms with Gasteiger partial charge in [0.15, 0.2) is 0 Å². The molecule has 0 radical (unpaired) electrons. The first-order chi connectivity index (χ1) is 7.51. The van der Waals surface area contributed by atoms with Crippen molar-refractivity contribution in [1.82, 2.24) is 4.98 Å². The fraction of sp³-hybridized carbons (Fsp3) is 0.375. The summed E-state index contributed by atoms with van der Waals surface area (Å²) in [5.74, 6) is -0.753. The zero-order valence-corrected chi connectivity index (χ0v) is 8.31. The molecule has 1 heterocycles. The van der Waals surface area contributed by atoms with Gasteiger partial charge in [0.2, 0.25) is 5.69 Å². The topological polar surface area (TPSA) is 91.3 Å². The van der Waals surface area contributed by atoms with Crippen LogP contribution >= 0.6 is 0 Å². The highest BCUT2D eigenvalue weighted by molar-refractivity contribution is 5.46. The van der Waals surface area contributed by atoms with Gasteiger partial charge in [0.25, 0.3) is 0 Å². The highest BCUT2D eigenvalue weighted by atomic mass is 19.3. The Kier molecular flexibility index (Phi) is 3.67. The van der Waals surface area contributed by atoms with Gasteiger partial charge in [-0.2, -0.15) is 0 Å². The van der Waals surface area contributed by atoms with E-state index in [0.717, 1.165) is 6.07 Å². The van der Waals surface area contributed by atoms with Crippen LogP contribution in [0.3, 0.4) is 0 Å². The number of nitrogens with two attached hydrogens (primary N) is 1. The lowest BCUT2D eigenvalue weighted by Crippen LogP contribution is -2.08. The third-order valence-corrected chi connectivity index (χ3v) is 1.90. The van der Waals surface area contributed by atoms with Crippen molar-refractivity contribution in [3.63, 3.8) is 0 Å². The van der Waals surface area contributed by atoms with Crippen LogP contribution in [0.4, 0.5) is 14.6 Å². The Bertz CT molecular complexity index is 412. The molecule has 0 spiro atoms. The molecule has 0 unspecified atom stereocenters. The van der Waals surface area contributed by atoms with Crippen molar-refractivity contribution >= 4 is 5.82 Å². The highest BCUT2D eigenvalue weighted by Crippen LogP contribution is 2.30. The first-order valence-corrected chi connectivity index (χ1v) is 4.21. The minimum atomic E-state index is -2.90. The van der Waals surface area contributed by atoms with Crippen LogP contribution in [0.2, 0.25) is 0 Å². The van der Waals surface area contributed by atoms with E-state index in [1.807, 2.05) is 0 Å². The Hall–Kier alpha value is -1.83. The van der Waals surface area contributed by atoms with Crippen LogP contribution in [0, 0.1) is 10.1 Å². The van der Waals surface area contributed by atoms with Crippen LogP contribution in [0.15, 0.2) is 6.07 Å². The minimum Gasteiger partial charge on any atom is -0.496 e. The van der Waals surface area contributed by atoms with Gasteiger partial charge in [0, 0.05) is 12.6 Å². The van der Waals surface area contributed by atoms with E-state index in [9.17, 15) is 18.9 Å². The maximum atomic E-state index is 12.4. The monoisotopic (exact) mass is 233 g/mol. The molecule has 0 saturated heterocycles. The first kappa shape index (κ1) is 12.2. The summed E-state index contributed by atoms with van der Waals surface area (Å²) in [4.78, 5) is 13.0. The first-order valence-electron chi connectivity index (χ1n) is 4.21. The number of halogens is 2. The Morgan fingerprint density at radius 3 is 2.69 bits per heavy atom. The number of alkyl halides is 2. The Morgan fingerprint density at radius 1 is 1.69 bits per heavy atom. The summed E-state index contributed by atoms with van der Waals surface area (Å²) < 4.78 is 29.5. The second kappa shape index (κ2) is 4.79. The minimum absolute atomic E-state index is 0.00287. The zero-order chi connectivity index (χ0) is 12.3. The molecule has 1 aromatic heterocycles. The molecule has 0 aromatic carbocycles. The van der Waals surface area contributed by atoms with Crippen molar-refractivity contribution < 1.29 is 18.4 Å². The summed E-state index contributed by atoms with van der Waals surface area (Å²) in [6, 6.07) is 0.944. The van der Waals surface area contributed by atoms with Gasteiger partial charge < -0.3 is 20.6 Å². The normalized spacial score (nSPS) is 10.6. The standard InChI is InChI=1S/C8H9F2N3O3/c1-16-6-2-5(7(9)10)12-8(13(14)15)4(6)3-11/h2,7H,3,11H2,1H3. The molecule has 0 aliphatic rings. The molecule has 0 aliphatic heterocycles. The number of pyridine rings is 1. The van der Waals surface area contributed by atoms with Gasteiger partial charge in [0.1, 0.15) is 11.3 Å². The predicted octanol–water partition coefficient (Wildman–Crippen LogP) is 1.39. The molecule has 1 aromatic rings. The molecule has 0 fully saturated rings. The van der Waals surface area contributed by atoms with Crippen LogP contribution in [0.25, 0.3) is 0 Å². The Balaban J connectivity index is 3.43. The van der Waals surface area contributed by atoms with E-state index in [-0.39, 0.29) is 17.9 Å². The number of nitrogens with zero attached hydrogens (tertiary/aromatic N) is 2. The smallest absolute Gasteiger partial charge is 0.372 e. The lowest BCUT2D eigenvalue weighted by Gasteiger charge is -2.07. The van der Waals surface area contributed by atoms with Gasteiger partial charge in [0.05, 0.1) is 7.11 Å². The lowest BCUT2D eigenvalue weighted by atomic mass is 10.2. The number of ether oxygens (including phenoxy) is 1. The van der Waals surface area contributed by atoms with Gasteiger partial charge in [-0.1, -0.05) is 0 Å². The lowest BCUT2D eigenvalue weighted by molar-refractivity contribution is -0.390. The van der Waals surface area contributed by atoms with Gasteiger partial charge >= 0.3 is 12.2 Å². The van der Waals surface area contributed by atoms with Crippen LogP contribution in [-0.4, -0.2) is 17.0 Å². The number of methoxy groups -OCH3 is 1. The Labute approximate surface area is 89.2 Å². The van der Waals surface area contributed by atoms with Crippen molar-refractivity contribution in [1.29, 1.82) is 0 Å². The summed E-state index contributed by atoms with van der Waals surface area (Å²) in [5.41, 5.74) is 4.57. The average molecular weight is 233 g/mol. The molecule has 0 amide bonds. The van der Waals surface area contributed by atoms with Crippen LogP contribution in [0.5, 0.6) is 5.75 Å². The van der Waals surface area contributed by atoms with E-state index in [2.05, 4.69) is 4.98 Å². The summed E-state index contributed by atoms with van der Waals surface area (Å²) in [5, 5.41) is 10.6. The van der Waals surface area contributed by atoms with Crippen LogP contribution in [0.1, 0.15) is 17.7 Å². The number of nitro groups is 1. The zero-order valence-electron chi connectivity index (χ0n) is 8.31. The third-order valence-electron chi connectivity index (χ3n) is 1.90. The summed E-state index contributed by atoms with van der Waals surface area (Å²) in [7, 11) is 1.22. The van der Waals surface area contributed by atoms with Crippen LogP contribution < -0.4 is 10.5 Å². The third kappa shape index (κ3) is 2.22. The largest absolute Gasteiger partial charge is 0.496 e. The Morgan fingerprint density at radius 2 is 2.31 bits per heavy atom. The van der Waals surface area contributed by atoms with Crippen molar-refractivity contribution in [2.24, 2.45) is 5.73 Å². The molecule has 0 bridgehead atoms. The molecule has 0 saturated carbocycles. The van der Waals surface area contributed by atoms with E-state index in [4.69, 9.17) is 10.5 Å². The average Bonchev–Trinajstić information content (AvgIpc) is 2.26. The van der Waals surface area contributed by atoms with Crippen molar-refractivity contribution in [3.8, 4) is 5.75 Å². The highest BCUT2D eigenvalue weighted by Gasteiger charge is 2.26. The van der Waals surface area contributed by atoms with Gasteiger partial charge in [-0.3, -0.25) is 0 Å². The second-order valence-electron chi connectivity index (χ2n) is 2.81. The molecule has 6 nitrogen and oxygen atoms in total. The number of aromatic nitrogens is 1. The number of hydrogen-bond donors (Lipinski definition) is 1. The molecule has 0 aliphatic carbocycles. The number of rotatable bonds is 4. The maximum absolute atomic E-state index is 12.4. The van der Waals surface area contributed by atoms with Crippen molar-refractivity contribution in [2.45, 2.75) is 13.0 Å². The summed E-state index contributed by atoms with van der Waals surface area (Å²) >= 11 is 0. The van der Waals surface area contributed by atoms with E-state index < -0.39 is 22.9 Å². The molecule has 8 heteroatoms. The molecular formula is C8H9F2N3O3. The molecule has 88 valence electrons. The summed E-state index contributed by atoms with van der Waals surface area (Å²) in [6.07, 6.45) is -2.90. The molecule has 1 rings (SSSR count). The SMILES string of the molecule is COc1cc(C(F)F)nc([N+](=O)[O-])c1CN. The maximum Gasteiger partial charge on any atom is 0.372 e. The van der Waals surface area contributed by atoms with Crippen molar-refractivity contribution in [2.75, 3.05) is 7.11 Å². The molecule has 2 N–H and O–H groups in total.